The molecule has 1 aromatic carbocycles. The molecule has 0 heterocycles. The Morgan fingerprint density at radius 1 is 0.706 bits per heavy atom. The summed E-state index contributed by atoms with van der Waals surface area (Å²) in [5.41, 5.74) is 0.235. The summed E-state index contributed by atoms with van der Waals surface area (Å²) in [4.78, 5) is 0. The fourth-order valence-electron chi connectivity index (χ4n) is 2.73. The molecule has 8 heteroatoms. The fourth-order valence-corrected chi connectivity index (χ4v) is 5.73. The van der Waals surface area contributed by atoms with Crippen LogP contribution in [0, 0.1) is 51.4 Å². The van der Waals surface area contributed by atoms with Gasteiger partial charge < -0.3 is 0 Å². The van der Waals surface area contributed by atoms with Gasteiger partial charge in [-0.15, -0.1) is 0 Å². The van der Waals surface area contributed by atoms with Gasteiger partial charge in [0.2, 0.25) is 0 Å². The van der Waals surface area contributed by atoms with Gasteiger partial charge in [0.1, 0.15) is 0 Å². The Kier molecular flexibility index (Phi) is 30.2. The fraction of sp³-hybridized carbons (Fsp3) is 0.462. The predicted octanol–water partition coefficient (Wildman–Crippen LogP) is 7.47. The van der Waals surface area contributed by atoms with E-state index in [1.54, 1.807) is 73.4 Å². The Hall–Kier alpha value is -1.50. The van der Waals surface area contributed by atoms with E-state index in [2.05, 4.69) is 57.0 Å². The molecular weight excluding hydrogens is 661 g/mol. The van der Waals surface area contributed by atoms with Gasteiger partial charge in [-0.25, -0.2) is 21.0 Å². The molecule has 0 aliphatic rings. The Bertz CT molecular complexity index is 812. The first-order valence-electron chi connectivity index (χ1n) is 11.3. The predicted molar refractivity (Wildman–Crippen MR) is 148 cm³/mol. The molecule has 0 radical (unpaired) electrons. The summed E-state index contributed by atoms with van der Waals surface area (Å²) >= 11 is 1.61. The van der Waals surface area contributed by atoms with E-state index in [1.165, 1.54) is 37.0 Å². The summed E-state index contributed by atoms with van der Waals surface area (Å²) in [6, 6.07) is 15.3. The number of rotatable bonds is 8. The second-order valence-corrected chi connectivity index (χ2v) is 13.9. The van der Waals surface area contributed by atoms with Crippen LogP contribution in [0.3, 0.4) is 0 Å². The van der Waals surface area contributed by atoms with Gasteiger partial charge in [0, 0.05) is 17.7 Å². The summed E-state index contributed by atoms with van der Waals surface area (Å²) in [5, 5.41) is 35.1. The van der Waals surface area contributed by atoms with Crippen molar-refractivity contribution in [3.8, 4) is 24.3 Å². The number of allylic oxidation sites excluding steroid dienone is 4. The minimum atomic E-state index is -0.281. The third kappa shape index (κ3) is 17.9. The number of halogens is 1. The molecule has 0 amide bonds. The van der Waals surface area contributed by atoms with Gasteiger partial charge >= 0.3 is 28.2 Å². The van der Waals surface area contributed by atoms with Crippen molar-refractivity contribution < 1.29 is 18.8 Å². The van der Waals surface area contributed by atoms with Crippen LogP contribution in [0.1, 0.15) is 47.1 Å². The van der Waals surface area contributed by atoms with Gasteiger partial charge in [-0.2, -0.15) is 0 Å². The van der Waals surface area contributed by atoms with Crippen molar-refractivity contribution in [3.05, 3.63) is 53.1 Å². The van der Waals surface area contributed by atoms with Crippen molar-refractivity contribution in [1.29, 1.82) is 21.0 Å². The van der Waals surface area contributed by atoms with Crippen LogP contribution in [0.5, 0.6) is 0 Å². The zero-order chi connectivity index (χ0) is 26.8. The minimum absolute atomic E-state index is 0.137. The molecule has 0 saturated heterocycles. The number of nitriles is 4. The summed E-state index contributed by atoms with van der Waals surface area (Å²) in [5.74, 6) is 0. The second-order valence-electron chi connectivity index (χ2n) is 6.68. The van der Waals surface area contributed by atoms with Gasteiger partial charge in [0.25, 0.3) is 0 Å². The van der Waals surface area contributed by atoms with Crippen LogP contribution in [0.15, 0.2) is 41.5 Å². The van der Waals surface area contributed by atoms with Gasteiger partial charge in [-0.05, 0) is 57.4 Å². The molecule has 0 aliphatic heterocycles. The Morgan fingerprint density at radius 3 is 1.29 bits per heavy atom. The van der Waals surface area contributed by atoms with Crippen LogP contribution < -0.4 is 0 Å². The number of nitrogens with zero attached hydrogens (tertiary/aromatic N) is 4. The van der Waals surface area contributed by atoms with E-state index < -0.39 is 0 Å². The van der Waals surface area contributed by atoms with Crippen molar-refractivity contribution in [3.63, 3.8) is 0 Å². The third-order valence-corrected chi connectivity index (χ3v) is 11.0. The van der Waals surface area contributed by atoms with Crippen LogP contribution >= 0.6 is 25.3 Å². The summed E-state index contributed by atoms with van der Waals surface area (Å²) in [7, 11) is 4.89. The second kappa shape index (κ2) is 27.7. The van der Waals surface area contributed by atoms with Gasteiger partial charge in [-0.1, -0.05) is 47.5 Å². The van der Waals surface area contributed by atoms with Crippen LogP contribution in [0.2, 0.25) is 0 Å². The van der Waals surface area contributed by atoms with Gasteiger partial charge in [0.05, 0.1) is 54.7 Å². The molecule has 186 valence electrons. The van der Waals surface area contributed by atoms with E-state index in [4.69, 9.17) is 21.0 Å². The number of hydrogen-bond donors (Lipinski definition) is 0. The van der Waals surface area contributed by atoms with E-state index in [0.29, 0.717) is 5.56 Å². The molecule has 0 unspecified atom stereocenters. The topological polar surface area (TPSA) is 95.2 Å². The van der Waals surface area contributed by atoms with Crippen LogP contribution in [0.4, 0.5) is 0 Å². The molecule has 1 aromatic rings. The summed E-state index contributed by atoms with van der Waals surface area (Å²) in [6.07, 6.45) is 11.2. The molecule has 34 heavy (non-hydrogen) atoms. The molecule has 0 spiro atoms. The van der Waals surface area contributed by atoms with Crippen LogP contribution in [-0.4, -0.2) is 37.0 Å². The molecule has 0 aromatic heterocycles. The monoisotopic (exact) mass is 697 g/mol. The molecule has 0 atom stereocenters. The van der Waals surface area contributed by atoms with Crippen molar-refractivity contribution in [2.45, 2.75) is 41.5 Å². The van der Waals surface area contributed by atoms with Crippen molar-refractivity contribution in [2.24, 2.45) is 0 Å². The van der Waals surface area contributed by atoms with Gasteiger partial charge in [0.15, 0.2) is 0 Å². The first-order valence-corrected chi connectivity index (χ1v) is 18.3. The molecule has 4 nitrogen and oxygen atoms in total. The molecule has 0 fully saturated rings. The SMILES string of the molecule is CC[PH+](CC)CC.CC[PH+](CC)CC.N#CC(C#N)=[C-]C(=C(C#N)C#N)c1ccccc1.[Cl][Pt+]. The third-order valence-electron chi connectivity index (χ3n) is 5.01. The van der Waals surface area contributed by atoms with E-state index in [0.717, 1.165) is 0 Å². The molecular formula is C26H37ClN4P2Pt+2. The maximum atomic E-state index is 8.87. The normalized spacial score (nSPS) is 8.56. The van der Waals surface area contributed by atoms with E-state index in [-0.39, 0.29) is 32.6 Å². The van der Waals surface area contributed by atoms with Crippen molar-refractivity contribution in [2.75, 3.05) is 37.0 Å². The Morgan fingerprint density at radius 2 is 1.06 bits per heavy atom. The first kappa shape index (κ1) is 37.1. The zero-order valence-corrected chi connectivity index (χ0v) is 26.1. The van der Waals surface area contributed by atoms with E-state index >= 15 is 0 Å². The quantitative estimate of drug-likeness (QED) is 0.122. The van der Waals surface area contributed by atoms with E-state index in [1.807, 2.05) is 0 Å². The maximum absolute atomic E-state index is 8.87. The standard InChI is InChI=1S/C14H5N4.2C6H15P.ClH.Pt/c15-7-11(8-16)6-14(13(9-17)10-18)12-4-2-1-3-5-12;2*1-4-7(5-2)6-3;;/h1-5H;2*4-6H2,1-3H3;1H;/q-1;;;;+2/p+1. The van der Waals surface area contributed by atoms with Crippen LogP contribution in [-0.2, 0) is 18.8 Å². The molecule has 0 bridgehead atoms. The van der Waals surface area contributed by atoms with Crippen molar-refractivity contribution >= 4 is 30.8 Å². The van der Waals surface area contributed by atoms with E-state index in [9.17, 15) is 0 Å². The molecule has 0 aliphatic carbocycles. The summed E-state index contributed by atoms with van der Waals surface area (Å²) < 4.78 is 0. The molecule has 1 rings (SSSR count). The Labute approximate surface area is 225 Å². The number of benzene rings is 1. The van der Waals surface area contributed by atoms with Crippen LogP contribution in [0.25, 0.3) is 5.57 Å². The first-order chi connectivity index (χ1) is 16.5. The average molecular weight is 698 g/mol. The van der Waals surface area contributed by atoms with Crippen molar-refractivity contribution in [1.82, 2.24) is 0 Å². The average Bonchev–Trinajstić information content (AvgIpc) is 2.91. The Balaban J connectivity index is -0.000000496. The number of hydrogen-bond acceptors (Lipinski definition) is 4. The summed E-state index contributed by atoms with van der Waals surface area (Å²) in [6.45, 7) is 13.8. The molecule has 0 saturated carbocycles. The van der Waals surface area contributed by atoms with Gasteiger partial charge in [-0.3, -0.25) is 0 Å². The zero-order valence-electron chi connectivity index (χ0n) is 21.1. The molecule has 0 N–H and O–H groups in total.